The Labute approximate surface area is 284 Å². The van der Waals surface area contributed by atoms with Crippen molar-refractivity contribution in [3.05, 3.63) is 219 Å². The second-order valence-corrected chi connectivity index (χ2v) is 12.6. The van der Waals surface area contributed by atoms with Crippen LogP contribution in [-0.4, -0.2) is 4.57 Å². The van der Waals surface area contributed by atoms with Crippen molar-refractivity contribution >= 4 is 34.8 Å². The number of halogens is 3. The van der Waals surface area contributed by atoms with Crippen molar-refractivity contribution in [2.75, 3.05) is 0 Å². The van der Waals surface area contributed by atoms with E-state index < -0.39 is 5.54 Å². The van der Waals surface area contributed by atoms with Gasteiger partial charge in [-0.2, -0.15) is 0 Å². The summed E-state index contributed by atoms with van der Waals surface area (Å²) < 4.78 is 4.56. The number of nitrogens with zero attached hydrogens (tertiary/aromatic N) is 2. The maximum atomic E-state index is 6.43. The lowest BCUT2D eigenvalue weighted by molar-refractivity contribution is -0.704. The minimum absolute atomic E-state index is 0.0642. The summed E-state index contributed by atoms with van der Waals surface area (Å²) in [5, 5.41) is 2.03. The van der Waals surface area contributed by atoms with Crippen LogP contribution in [-0.2, 0) is 5.54 Å². The van der Waals surface area contributed by atoms with Gasteiger partial charge in [0.15, 0.2) is 11.6 Å². The highest BCUT2D eigenvalue weighted by Crippen LogP contribution is 2.42. The Bertz CT molecular complexity index is 1920. The molecule has 0 amide bonds. The molecule has 46 heavy (non-hydrogen) atoms. The highest BCUT2D eigenvalue weighted by molar-refractivity contribution is 6.31. The van der Waals surface area contributed by atoms with Gasteiger partial charge in [0.1, 0.15) is 12.4 Å². The van der Waals surface area contributed by atoms with E-state index >= 15 is 0 Å². The maximum Gasteiger partial charge on any atom is 0.245 e. The van der Waals surface area contributed by atoms with Gasteiger partial charge in [-0.05, 0) is 47.5 Å². The van der Waals surface area contributed by atoms with E-state index in [4.69, 9.17) is 34.8 Å². The van der Waals surface area contributed by atoms with Gasteiger partial charge in [0, 0.05) is 42.9 Å². The first kappa shape index (κ1) is 30.1. The molecular formula is C41H30Cl3N2+. The van der Waals surface area contributed by atoms with E-state index in [0.717, 1.165) is 16.7 Å². The molecule has 0 spiro atoms. The van der Waals surface area contributed by atoms with Gasteiger partial charge in [-0.3, -0.25) is 0 Å². The number of aromatic nitrogens is 2. The fourth-order valence-corrected chi connectivity index (χ4v) is 6.78. The molecule has 0 fully saturated rings. The second kappa shape index (κ2) is 13.0. The number of benzene rings is 6. The standard InChI is InChI=1S/C41H30Cl3N2/c42-37-21-15-34(16-22-37)41(35-17-23-38(43)24-18-35,36-19-25-39(44)26-20-36)46-28-27-45(29-46)40(32-9-5-2-6-10-32)33-13-11-31(12-14-33)30-7-3-1-4-8-30/h1-29,40H/q+1. The summed E-state index contributed by atoms with van der Waals surface area (Å²) in [6, 6.07) is 54.1. The Balaban J connectivity index is 1.43. The van der Waals surface area contributed by atoms with Crippen LogP contribution < -0.4 is 4.57 Å². The Morgan fingerprint density at radius 3 is 1.35 bits per heavy atom. The lowest BCUT2D eigenvalue weighted by Crippen LogP contribution is -2.42. The van der Waals surface area contributed by atoms with E-state index in [2.05, 4.69) is 143 Å². The zero-order valence-corrected chi connectivity index (χ0v) is 27.1. The van der Waals surface area contributed by atoms with E-state index in [1.807, 2.05) is 42.5 Å². The Morgan fingerprint density at radius 2 is 0.870 bits per heavy atom. The molecular weight excluding hydrogens is 627 g/mol. The van der Waals surface area contributed by atoms with Crippen LogP contribution in [0.5, 0.6) is 0 Å². The first-order chi connectivity index (χ1) is 22.5. The molecule has 224 valence electrons. The first-order valence-electron chi connectivity index (χ1n) is 15.1. The summed E-state index contributed by atoms with van der Waals surface area (Å²) >= 11 is 19.3. The Kier molecular flexibility index (Phi) is 8.51. The predicted octanol–water partition coefficient (Wildman–Crippen LogP) is 10.9. The van der Waals surface area contributed by atoms with Crippen molar-refractivity contribution in [3.8, 4) is 11.1 Å². The highest BCUT2D eigenvalue weighted by atomic mass is 35.5. The topological polar surface area (TPSA) is 8.81 Å². The van der Waals surface area contributed by atoms with Gasteiger partial charge in [0.25, 0.3) is 0 Å². The lowest BCUT2D eigenvalue weighted by Gasteiger charge is -2.33. The smallest absolute Gasteiger partial charge is 0.226 e. The summed E-state index contributed by atoms with van der Waals surface area (Å²) in [4.78, 5) is 0. The molecule has 7 aromatic rings. The summed E-state index contributed by atoms with van der Waals surface area (Å²) in [7, 11) is 0. The van der Waals surface area contributed by atoms with Crippen LogP contribution in [0, 0.1) is 0 Å². The minimum atomic E-state index is -0.760. The lowest BCUT2D eigenvalue weighted by atomic mass is 9.77. The average molecular weight is 657 g/mol. The maximum absolute atomic E-state index is 6.43. The van der Waals surface area contributed by atoms with Crippen molar-refractivity contribution in [2.45, 2.75) is 11.6 Å². The summed E-state index contributed by atoms with van der Waals surface area (Å²) in [5.74, 6) is 0. The Morgan fingerprint density at radius 1 is 0.457 bits per heavy atom. The third-order valence-electron chi connectivity index (χ3n) is 8.58. The van der Waals surface area contributed by atoms with Gasteiger partial charge >= 0.3 is 0 Å². The fourth-order valence-electron chi connectivity index (χ4n) is 6.40. The molecule has 1 aromatic heterocycles. The van der Waals surface area contributed by atoms with Crippen LogP contribution in [0.25, 0.3) is 11.1 Å². The van der Waals surface area contributed by atoms with Crippen LogP contribution in [0.4, 0.5) is 0 Å². The molecule has 0 saturated heterocycles. The van der Waals surface area contributed by atoms with Crippen molar-refractivity contribution in [1.82, 2.24) is 4.57 Å². The zero-order chi connectivity index (χ0) is 31.5. The van der Waals surface area contributed by atoms with E-state index in [-0.39, 0.29) is 6.04 Å². The molecule has 1 heterocycles. The molecule has 2 nitrogen and oxygen atoms in total. The monoisotopic (exact) mass is 655 g/mol. The summed E-state index contributed by atoms with van der Waals surface area (Å²) in [6.45, 7) is 0. The third kappa shape index (κ3) is 5.76. The predicted molar refractivity (Wildman–Crippen MR) is 190 cm³/mol. The molecule has 1 unspecified atom stereocenters. The van der Waals surface area contributed by atoms with Crippen LogP contribution >= 0.6 is 34.8 Å². The second-order valence-electron chi connectivity index (χ2n) is 11.3. The largest absolute Gasteiger partial charge is 0.245 e. The van der Waals surface area contributed by atoms with Gasteiger partial charge < -0.3 is 0 Å². The van der Waals surface area contributed by atoms with Gasteiger partial charge in [-0.15, -0.1) is 0 Å². The van der Waals surface area contributed by atoms with Crippen molar-refractivity contribution < 1.29 is 4.57 Å². The zero-order valence-electron chi connectivity index (χ0n) is 24.8. The quantitative estimate of drug-likeness (QED) is 0.114. The Hall–Kier alpha value is -4.60. The molecule has 0 aliphatic heterocycles. The minimum Gasteiger partial charge on any atom is -0.226 e. The van der Waals surface area contributed by atoms with Crippen LogP contribution in [0.1, 0.15) is 33.9 Å². The van der Waals surface area contributed by atoms with E-state index in [1.165, 1.54) is 22.3 Å². The number of imidazole rings is 1. The number of hydrogen-bond acceptors (Lipinski definition) is 0. The van der Waals surface area contributed by atoms with E-state index in [0.29, 0.717) is 15.1 Å². The van der Waals surface area contributed by atoms with Gasteiger partial charge in [-0.1, -0.05) is 156 Å². The van der Waals surface area contributed by atoms with Gasteiger partial charge in [0.2, 0.25) is 6.33 Å². The molecule has 0 radical (unpaired) electrons. The average Bonchev–Trinajstić information content (AvgIpc) is 3.58. The molecule has 7 rings (SSSR count). The van der Waals surface area contributed by atoms with Crippen LogP contribution in [0.15, 0.2) is 176 Å². The third-order valence-corrected chi connectivity index (χ3v) is 9.33. The molecule has 0 N–H and O–H groups in total. The van der Waals surface area contributed by atoms with E-state index in [1.54, 1.807) is 0 Å². The normalized spacial score (nSPS) is 12.2. The molecule has 1 atom stereocenters. The molecule has 6 aromatic carbocycles. The highest BCUT2D eigenvalue weighted by Gasteiger charge is 2.43. The summed E-state index contributed by atoms with van der Waals surface area (Å²) in [5.41, 5.74) is 7.14. The first-order valence-corrected chi connectivity index (χ1v) is 16.2. The molecule has 0 saturated carbocycles. The van der Waals surface area contributed by atoms with Gasteiger partial charge in [0.05, 0.1) is 0 Å². The number of rotatable bonds is 8. The number of hydrogen-bond donors (Lipinski definition) is 0. The van der Waals surface area contributed by atoms with E-state index in [9.17, 15) is 0 Å². The van der Waals surface area contributed by atoms with Crippen molar-refractivity contribution in [1.29, 1.82) is 0 Å². The van der Waals surface area contributed by atoms with Gasteiger partial charge in [-0.25, -0.2) is 9.13 Å². The molecule has 0 aliphatic rings. The van der Waals surface area contributed by atoms with Crippen LogP contribution in [0.3, 0.4) is 0 Å². The van der Waals surface area contributed by atoms with Crippen molar-refractivity contribution in [2.24, 2.45) is 0 Å². The molecule has 5 heteroatoms. The SMILES string of the molecule is Clc1ccc(C(c2ccc(Cl)cc2)(c2ccc(Cl)cc2)n2cc[n+](C(c3ccccc3)c3ccc(-c4ccccc4)cc3)c2)cc1. The van der Waals surface area contributed by atoms with Crippen LogP contribution in [0.2, 0.25) is 15.1 Å². The molecule has 0 bridgehead atoms. The molecule has 0 aliphatic carbocycles. The summed E-state index contributed by atoms with van der Waals surface area (Å²) in [6.07, 6.45) is 6.49. The van der Waals surface area contributed by atoms with Crippen molar-refractivity contribution in [3.63, 3.8) is 0 Å². The fraction of sp³-hybridized carbons (Fsp3) is 0.0488.